The summed E-state index contributed by atoms with van der Waals surface area (Å²) < 4.78 is 40.0. The minimum atomic E-state index is -4.01. The molecule has 0 aliphatic rings. The fraction of sp³-hybridized carbons (Fsp3) is 0.154. The smallest absolute Gasteiger partial charge is 0.245 e. The maximum Gasteiger partial charge on any atom is 0.245 e. The standard InChI is InChI=1S/C13H14FN3O2S/c1-9-5-6-10(7-16-9)8-17-20(18,19)13-11(14)3-2-4-12(13)15/h2-7,17H,8,15H2,1H3. The van der Waals surface area contributed by atoms with Crippen LogP contribution in [0.2, 0.25) is 0 Å². The maximum absolute atomic E-state index is 13.6. The Balaban J connectivity index is 2.22. The van der Waals surface area contributed by atoms with Crippen LogP contribution in [0.25, 0.3) is 0 Å². The number of pyridine rings is 1. The Morgan fingerprint density at radius 3 is 2.65 bits per heavy atom. The highest BCUT2D eigenvalue weighted by Gasteiger charge is 2.21. The van der Waals surface area contributed by atoms with Gasteiger partial charge < -0.3 is 5.73 Å². The van der Waals surface area contributed by atoms with Crippen molar-refractivity contribution in [2.45, 2.75) is 18.4 Å². The molecule has 5 nitrogen and oxygen atoms in total. The molecule has 0 aliphatic heterocycles. The lowest BCUT2D eigenvalue weighted by Gasteiger charge is -2.10. The van der Waals surface area contributed by atoms with Crippen molar-refractivity contribution < 1.29 is 12.8 Å². The van der Waals surface area contributed by atoms with Crippen LogP contribution in [0.4, 0.5) is 10.1 Å². The van der Waals surface area contributed by atoms with Gasteiger partial charge in [-0.2, -0.15) is 0 Å². The zero-order valence-corrected chi connectivity index (χ0v) is 11.6. The molecule has 0 aliphatic carbocycles. The molecule has 2 aromatic rings. The van der Waals surface area contributed by atoms with Crippen molar-refractivity contribution in [3.63, 3.8) is 0 Å². The molecule has 1 heterocycles. The minimum Gasteiger partial charge on any atom is -0.398 e. The number of benzene rings is 1. The highest BCUT2D eigenvalue weighted by molar-refractivity contribution is 7.89. The number of aromatic nitrogens is 1. The zero-order chi connectivity index (χ0) is 14.8. The largest absolute Gasteiger partial charge is 0.398 e. The second kappa shape index (κ2) is 5.56. The predicted octanol–water partition coefficient (Wildman–Crippen LogP) is 1.59. The molecule has 2 rings (SSSR count). The summed E-state index contributed by atoms with van der Waals surface area (Å²) in [6.07, 6.45) is 1.56. The summed E-state index contributed by atoms with van der Waals surface area (Å²) in [5.74, 6) is -0.875. The normalized spacial score (nSPS) is 11.5. The number of nitrogens with two attached hydrogens (primary N) is 1. The molecule has 1 aromatic heterocycles. The minimum absolute atomic E-state index is 0.0172. The van der Waals surface area contributed by atoms with Crippen molar-refractivity contribution >= 4 is 15.7 Å². The number of hydrogen-bond donors (Lipinski definition) is 2. The molecule has 3 N–H and O–H groups in total. The van der Waals surface area contributed by atoms with E-state index in [0.29, 0.717) is 5.56 Å². The van der Waals surface area contributed by atoms with E-state index in [4.69, 9.17) is 5.73 Å². The van der Waals surface area contributed by atoms with Gasteiger partial charge >= 0.3 is 0 Å². The first-order chi connectivity index (χ1) is 9.40. The van der Waals surface area contributed by atoms with Crippen molar-refractivity contribution in [2.24, 2.45) is 0 Å². The molecular weight excluding hydrogens is 281 g/mol. The van der Waals surface area contributed by atoms with E-state index in [1.165, 1.54) is 12.1 Å². The molecule has 0 spiro atoms. The van der Waals surface area contributed by atoms with Crippen LogP contribution in [0.1, 0.15) is 11.3 Å². The second-order valence-corrected chi connectivity index (χ2v) is 5.99. The van der Waals surface area contributed by atoms with Crippen molar-refractivity contribution in [3.05, 3.63) is 53.6 Å². The number of nitrogen functional groups attached to an aromatic ring is 1. The molecule has 0 saturated heterocycles. The Morgan fingerprint density at radius 1 is 1.30 bits per heavy atom. The molecule has 0 unspecified atom stereocenters. The van der Waals surface area contributed by atoms with Crippen LogP contribution in [0, 0.1) is 12.7 Å². The van der Waals surface area contributed by atoms with Crippen molar-refractivity contribution in [3.8, 4) is 0 Å². The lowest BCUT2D eigenvalue weighted by atomic mass is 10.2. The molecule has 7 heteroatoms. The molecule has 0 saturated carbocycles. The third kappa shape index (κ3) is 3.12. The number of sulfonamides is 1. The third-order valence-corrected chi connectivity index (χ3v) is 4.20. The monoisotopic (exact) mass is 295 g/mol. The SMILES string of the molecule is Cc1ccc(CNS(=O)(=O)c2c(N)cccc2F)cn1. The Hall–Kier alpha value is -1.99. The first-order valence-corrected chi connectivity index (χ1v) is 7.33. The number of halogens is 1. The zero-order valence-electron chi connectivity index (χ0n) is 10.8. The van der Waals surface area contributed by atoms with Crippen molar-refractivity contribution in [1.29, 1.82) is 0 Å². The van der Waals surface area contributed by atoms with Gasteiger partial charge in [0.2, 0.25) is 10.0 Å². The fourth-order valence-corrected chi connectivity index (χ4v) is 2.87. The van der Waals surface area contributed by atoms with E-state index in [2.05, 4.69) is 9.71 Å². The Morgan fingerprint density at radius 2 is 2.05 bits per heavy atom. The third-order valence-electron chi connectivity index (χ3n) is 2.71. The van der Waals surface area contributed by atoms with Gasteiger partial charge in [0.05, 0.1) is 5.69 Å². The van der Waals surface area contributed by atoms with Crippen molar-refractivity contribution in [2.75, 3.05) is 5.73 Å². The van der Waals surface area contributed by atoms with Gasteiger partial charge in [0.25, 0.3) is 0 Å². The average molecular weight is 295 g/mol. The molecule has 0 radical (unpaired) electrons. The van der Waals surface area contributed by atoms with E-state index in [9.17, 15) is 12.8 Å². The summed E-state index contributed by atoms with van der Waals surface area (Å²) in [6.45, 7) is 1.84. The molecule has 0 amide bonds. The second-order valence-electron chi connectivity index (χ2n) is 4.29. The highest BCUT2D eigenvalue weighted by Crippen LogP contribution is 2.21. The molecule has 106 valence electrons. The number of anilines is 1. The van der Waals surface area contributed by atoms with Gasteiger partial charge in [0, 0.05) is 18.4 Å². The molecule has 0 fully saturated rings. The van der Waals surface area contributed by atoms with Gasteiger partial charge in [-0.1, -0.05) is 12.1 Å². The van der Waals surface area contributed by atoms with Gasteiger partial charge in [-0.25, -0.2) is 17.5 Å². The lowest BCUT2D eigenvalue weighted by Crippen LogP contribution is -2.25. The van der Waals surface area contributed by atoms with Gasteiger partial charge in [0.15, 0.2) is 0 Å². The van der Waals surface area contributed by atoms with Crippen LogP contribution in [0.3, 0.4) is 0 Å². The first kappa shape index (κ1) is 14.4. The summed E-state index contributed by atoms with van der Waals surface area (Å²) in [4.78, 5) is 3.53. The van der Waals surface area contributed by atoms with Gasteiger partial charge in [0.1, 0.15) is 10.7 Å². The quantitative estimate of drug-likeness (QED) is 0.839. The number of aryl methyl sites for hydroxylation is 1. The van der Waals surface area contributed by atoms with E-state index >= 15 is 0 Å². The summed E-state index contributed by atoms with van der Waals surface area (Å²) in [5.41, 5.74) is 6.90. The number of rotatable bonds is 4. The Kier molecular flexibility index (Phi) is 4.01. The predicted molar refractivity (Wildman–Crippen MR) is 73.8 cm³/mol. The van der Waals surface area contributed by atoms with Gasteiger partial charge in [-0.3, -0.25) is 4.98 Å². The number of nitrogens with zero attached hydrogens (tertiary/aromatic N) is 1. The van der Waals surface area contributed by atoms with E-state index < -0.39 is 20.7 Å². The summed E-state index contributed by atoms with van der Waals surface area (Å²) in [5, 5.41) is 0. The van der Waals surface area contributed by atoms with Crippen LogP contribution in [-0.4, -0.2) is 13.4 Å². The average Bonchev–Trinajstić information content (AvgIpc) is 2.37. The molecule has 0 bridgehead atoms. The topological polar surface area (TPSA) is 85.1 Å². The van der Waals surface area contributed by atoms with E-state index in [1.54, 1.807) is 18.3 Å². The molecule has 1 aromatic carbocycles. The van der Waals surface area contributed by atoms with E-state index in [0.717, 1.165) is 11.8 Å². The number of hydrogen-bond acceptors (Lipinski definition) is 4. The van der Waals surface area contributed by atoms with Crippen LogP contribution in [-0.2, 0) is 16.6 Å². The van der Waals surface area contributed by atoms with Gasteiger partial charge in [-0.15, -0.1) is 0 Å². The molecule has 20 heavy (non-hydrogen) atoms. The first-order valence-electron chi connectivity index (χ1n) is 5.85. The van der Waals surface area contributed by atoms with Crippen LogP contribution in [0.15, 0.2) is 41.4 Å². The van der Waals surface area contributed by atoms with Crippen molar-refractivity contribution in [1.82, 2.24) is 9.71 Å². The summed E-state index contributed by atoms with van der Waals surface area (Å²) in [6, 6.07) is 7.26. The molecular formula is C13H14FN3O2S. The maximum atomic E-state index is 13.6. The summed E-state index contributed by atoms with van der Waals surface area (Å²) in [7, 11) is -4.01. The number of nitrogens with one attached hydrogen (secondary N) is 1. The molecule has 0 atom stereocenters. The lowest BCUT2D eigenvalue weighted by molar-refractivity contribution is 0.558. The van der Waals surface area contributed by atoms with Gasteiger partial charge in [-0.05, 0) is 30.7 Å². The fourth-order valence-electron chi connectivity index (χ4n) is 1.66. The van der Waals surface area contributed by atoms with Crippen LogP contribution in [0.5, 0.6) is 0 Å². The highest BCUT2D eigenvalue weighted by atomic mass is 32.2. The Bertz CT molecular complexity index is 695. The van der Waals surface area contributed by atoms with Crippen LogP contribution >= 0.6 is 0 Å². The van der Waals surface area contributed by atoms with E-state index in [-0.39, 0.29) is 12.2 Å². The Labute approximate surface area is 116 Å². The summed E-state index contributed by atoms with van der Waals surface area (Å²) >= 11 is 0. The van der Waals surface area contributed by atoms with E-state index in [1.807, 2.05) is 6.92 Å². The van der Waals surface area contributed by atoms with Crippen LogP contribution < -0.4 is 10.5 Å².